The van der Waals surface area contributed by atoms with E-state index in [1.807, 2.05) is 18.2 Å². The van der Waals surface area contributed by atoms with Crippen molar-refractivity contribution in [2.24, 2.45) is 0 Å². The van der Waals surface area contributed by atoms with Gasteiger partial charge >= 0.3 is 0 Å². The first-order valence-corrected chi connectivity index (χ1v) is 14.4. The lowest BCUT2D eigenvalue weighted by Crippen LogP contribution is -2.42. The molecule has 0 atom stereocenters. The van der Waals surface area contributed by atoms with Gasteiger partial charge in [0.05, 0.1) is 12.2 Å². The second-order valence-electron chi connectivity index (χ2n) is 8.19. The third-order valence-electron chi connectivity index (χ3n) is 6.06. The molecule has 168 valence electrons. The van der Waals surface area contributed by atoms with Gasteiger partial charge in [-0.3, -0.25) is 0 Å². The van der Waals surface area contributed by atoms with Crippen molar-refractivity contribution in [3.63, 3.8) is 0 Å². The maximum absolute atomic E-state index is 6.68. The van der Waals surface area contributed by atoms with Crippen LogP contribution >= 0.6 is 17.6 Å². The Labute approximate surface area is 210 Å². The number of halogens is 1. The number of hydrogen-bond donors (Lipinski definition) is 0. The van der Waals surface area contributed by atoms with Gasteiger partial charge in [0.1, 0.15) is 12.2 Å². The summed E-state index contributed by atoms with van der Waals surface area (Å²) in [5, 5.41) is 3.14. The topological polar surface area (TPSA) is 9.03 Å². The van der Waals surface area contributed by atoms with Gasteiger partial charge in [0.2, 0.25) is 0 Å². The monoisotopic (exact) mass is 499 g/mol. The molecule has 34 heavy (non-hydrogen) atoms. The van der Waals surface area contributed by atoms with Crippen LogP contribution in [0.4, 0.5) is 0 Å². The van der Waals surface area contributed by atoms with Gasteiger partial charge in [0.15, 0.2) is 5.44 Å². The highest BCUT2D eigenvalue weighted by Crippen LogP contribution is 2.42. The van der Waals surface area contributed by atoms with Crippen LogP contribution in [0.5, 0.6) is 0 Å². The Balaban J connectivity index is 1.69. The van der Waals surface area contributed by atoms with Crippen LogP contribution in [0.15, 0.2) is 115 Å². The first-order valence-electron chi connectivity index (χ1n) is 11.2. The molecule has 5 rings (SSSR count). The highest BCUT2D eigenvalue weighted by atomic mass is 35.5. The molecule has 0 N–H and O–H groups in total. The molecule has 0 saturated heterocycles. The van der Waals surface area contributed by atoms with Crippen molar-refractivity contribution in [1.29, 1.82) is 0 Å². The third kappa shape index (κ3) is 4.16. The van der Waals surface area contributed by atoms with Crippen LogP contribution in [0.3, 0.4) is 0 Å². The van der Waals surface area contributed by atoms with Crippen molar-refractivity contribution >= 4 is 57.2 Å². The molecule has 5 aromatic rings. The lowest BCUT2D eigenvalue weighted by molar-refractivity contribution is -0.490. The Morgan fingerprint density at radius 2 is 1.50 bits per heavy atom. The SMILES string of the molecule is Cc1c(P(=S)(c2ccccc2)c2ccccc2)[n+]2ccccc2n1C/C=C/c1cccc(Cl)c1. The summed E-state index contributed by atoms with van der Waals surface area (Å²) in [5.74, 6) is 0. The van der Waals surface area contributed by atoms with Gasteiger partial charge in [0, 0.05) is 18.0 Å². The van der Waals surface area contributed by atoms with Gasteiger partial charge < -0.3 is 0 Å². The quantitative estimate of drug-likeness (QED) is 0.216. The summed E-state index contributed by atoms with van der Waals surface area (Å²) in [6, 6.07) is 33.1. The Bertz CT molecular complexity index is 1480. The highest BCUT2D eigenvalue weighted by Gasteiger charge is 2.36. The molecule has 0 bridgehead atoms. The number of pyridine rings is 1. The number of nitrogens with zero attached hydrogens (tertiary/aromatic N) is 2. The molecule has 0 amide bonds. The van der Waals surface area contributed by atoms with Gasteiger partial charge in [-0.25, -0.2) is 4.57 Å². The van der Waals surface area contributed by atoms with E-state index in [-0.39, 0.29) is 0 Å². The maximum atomic E-state index is 6.68. The lowest BCUT2D eigenvalue weighted by atomic mass is 10.2. The van der Waals surface area contributed by atoms with Gasteiger partial charge in [0.25, 0.3) is 5.65 Å². The zero-order valence-electron chi connectivity index (χ0n) is 18.9. The minimum atomic E-state index is -2.30. The maximum Gasteiger partial charge on any atom is 0.287 e. The van der Waals surface area contributed by atoms with E-state index in [1.165, 1.54) is 21.7 Å². The minimum Gasteiger partial charge on any atom is -0.223 e. The van der Waals surface area contributed by atoms with E-state index in [1.54, 1.807) is 0 Å². The summed E-state index contributed by atoms with van der Waals surface area (Å²) in [7, 11) is 0. The molecular weight excluding hydrogens is 475 g/mol. The largest absolute Gasteiger partial charge is 0.287 e. The van der Waals surface area contributed by atoms with Crippen molar-refractivity contribution in [1.82, 2.24) is 4.57 Å². The summed E-state index contributed by atoms with van der Waals surface area (Å²) in [5.41, 5.74) is 4.62. The molecule has 5 heteroatoms. The van der Waals surface area contributed by atoms with Crippen molar-refractivity contribution in [3.8, 4) is 0 Å². The predicted octanol–water partition coefficient (Wildman–Crippen LogP) is 5.66. The molecule has 0 unspecified atom stereocenters. The van der Waals surface area contributed by atoms with Crippen molar-refractivity contribution in [3.05, 3.63) is 132 Å². The summed E-state index contributed by atoms with van der Waals surface area (Å²) >= 11 is 12.8. The summed E-state index contributed by atoms with van der Waals surface area (Å²) in [6.45, 7) is 2.94. The van der Waals surface area contributed by atoms with Crippen LogP contribution in [0, 0.1) is 6.92 Å². The Kier molecular flexibility index (Phi) is 6.52. The van der Waals surface area contributed by atoms with Gasteiger partial charge in [-0.05, 0) is 40.4 Å². The third-order valence-corrected chi connectivity index (χ3v) is 11.3. The van der Waals surface area contributed by atoms with Gasteiger partial charge in [-0.15, -0.1) is 0 Å². The van der Waals surface area contributed by atoms with Crippen LogP contribution in [0.2, 0.25) is 5.02 Å². The molecule has 0 aliphatic carbocycles. The number of allylic oxidation sites excluding steroid dienone is 1. The Morgan fingerprint density at radius 1 is 0.853 bits per heavy atom. The van der Waals surface area contributed by atoms with E-state index in [0.29, 0.717) is 0 Å². The van der Waals surface area contributed by atoms with Gasteiger partial charge in [-0.1, -0.05) is 108 Å². The summed E-state index contributed by atoms with van der Waals surface area (Å²) in [4.78, 5) is 0. The van der Waals surface area contributed by atoms with Crippen molar-refractivity contribution < 1.29 is 4.40 Å². The predicted molar refractivity (Wildman–Crippen MR) is 149 cm³/mol. The average molecular weight is 500 g/mol. The minimum absolute atomic E-state index is 0.741. The number of rotatable bonds is 6. The van der Waals surface area contributed by atoms with E-state index < -0.39 is 6.04 Å². The standard InChI is InChI=1S/C29H25ClN2PS/c1-23-29(33(34,26-15-4-2-5-16-26)27-17-6-3-7-18-27)32-20-9-8-19-28(32)31(23)21-11-13-24-12-10-14-25(30)22-24/h2-20,22H,21H2,1H3/q+1/b13-11+. The molecule has 0 aliphatic heterocycles. The highest BCUT2D eigenvalue weighted by molar-refractivity contribution is 8.25. The Morgan fingerprint density at radius 3 is 2.15 bits per heavy atom. The van der Waals surface area contributed by atoms with Crippen LogP contribution in [-0.4, -0.2) is 4.57 Å². The molecule has 2 aromatic heterocycles. The van der Waals surface area contributed by atoms with E-state index in [0.717, 1.165) is 22.8 Å². The zero-order chi connectivity index (χ0) is 23.5. The van der Waals surface area contributed by atoms with Gasteiger partial charge in [-0.2, -0.15) is 4.40 Å². The fourth-order valence-corrected chi connectivity index (χ4v) is 9.09. The number of fused-ring (bicyclic) bond motifs is 1. The van der Waals surface area contributed by atoms with Crippen LogP contribution in [0.25, 0.3) is 11.7 Å². The van der Waals surface area contributed by atoms with E-state index in [9.17, 15) is 0 Å². The molecule has 0 radical (unpaired) electrons. The van der Waals surface area contributed by atoms with Crippen molar-refractivity contribution in [2.45, 2.75) is 13.5 Å². The van der Waals surface area contributed by atoms with Crippen LogP contribution in [-0.2, 0) is 18.4 Å². The summed E-state index contributed by atoms with van der Waals surface area (Å²) in [6.07, 6.45) is 6.45. The van der Waals surface area contributed by atoms with E-state index in [4.69, 9.17) is 23.4 Å². The number of imidazole rings is 1. The Hall–Kier alpha value is -2.97. The first-order chi connectivity index (χ1) is 16.6. The number of benzene rings is 3. The zero-order valence-corrected chi connectivity index (χ0v) is 21.3. The molecular formula is C29H25ClN2PS+. The number of aromatic nitrogens is 2. The normalized spacial score (nSPS) is 11.9. The average Bonchev–Trinajstić information content (AvgIpc) is 3.16. The molecule has 3 aromatic carbocycles. The summed E-state index contributed by atoms with van der Waals surface area (Å²) < 4.78 is 4.65. The molecule has 0 fully saturated rings. The molecule has 0 spiro atoms. The van der Waals surface area contributed by atoms with E-state index >= 15 is 0 Å². The lowest BCUT2D eigenvalue weighted by Gasteiger charge is -2.21. The molecule has 0 saturated carbocycles. The number of hydrogen-bond acceptors (Lipinski definition) is 1. The smallest absolute Gasteiger partial charge is 0.223 e. The fraction of sp³-hybridized carbons (Fsp3) is 0.0690. The second-order valence-corrected chi connectivity index (χ2v) is 12.9. The molecule has 2 heterocycles. The van der Waals surface area contributed by atoms with E-state index in [2.05, 4.69) is 119 Å². The first kappa shape index (κ1) is 22.8. The van der Waals surface area contributed by atoms with Crippen LogP contribution < -0.4 is 20.4 Å². The van der Waals surface area contributed by atoms with Crippen molar-refractivity contribution in [2.75, 3.05) is 0 Å². The molecule has 2 nitrogen and oxygen atoms in total. The fourth-order valence-electron chi connectivity index (χ4n) is 4.48. The molecule has 0 aliphatic rings. The second kappa shape index (κ2) is 9.72. The van der Waals surface area contributed by atoms with Crippen LogP contribution in [0.1, 0.15) is 11.3 Å².